The summed E-state index contributed by atoms with van der Waals surface area (Å²) in [6, 6.07) is 8.21. The Morgan fingerprint density at radius 2 is 1.70 bits per heavy atom. The molecule has 0 aliphatic rings. The number of aromatic nitrogens is 2. The lowest BCUT2D eigenvalue weighted by atomic mass is 10.1. The van der Waals surface area contributed by atoms with Crippen LogP contribution in [0.4, 0.5) is 0 Å². The van der Waals surface area contributed by atoms with Gasteiger partial charge in [-0.05, 0) is 25.2 Å². The maximum absolute atomic E-state index is 11.8. The van der Waals surface area contributed by atoms with Gasteiger partial charge in [0, 0.05) is 25.5 Å². The number of benzene rings is 1. The molecule has 0 fully saturated rings. The molecule has 1 amide bonds. The highest BCUT2D eigenvalue weighted by atomic mass is 16.1. The summed E-state index contributed by atoms with van der Waals surface area (Å²) in [4.78, 5) is 21.6. The lowest BCUT2D eigenvalue weighted by Gasteiger charge is -2.10. The van der Waals surface area contributed by atoms with Gasteiger partial charge < -0.3 is 10.2 Å². The normalized spacial score (nSPS) is 10.6. The standard InChI is InChI=1S/C15H18N4O/c1-19(2)10-13-5-3-12(4-6-13)7-18-15(20)14-8-16-11-17-9-14/h3-6,8-9,11H,7,10H2,1-2H3,(H,18,20). The van der Waals surface area contributed by atoms with Gasteiger partial charge in [-0.25, -0.2) is 9.97 Å². The van der Waals surface area contributed by atoms with Crippen molar-refractivity contribution in [1.82, 2.24) is 20.2 Å². The Morgan fingerprint density at radius 1 is 1.10 bits per heavy atom. The van der Waals surface area contributed by atoms with Crippen LogP contribution in [0.1, 0.15) is 21.5 Å². The molecular formula is C15H18N4O. The number of carbonyl (C=O) groups excluding carboxylic acids is 1. The zero-order chi connectivity index (χ0) is 14.4. The second kappa shape index (κ2) is 6.77. The summed E-state index contributed by atoms with van der Waals surface area (Å²) >= 11 is 0. The average Bonchev–Trinajstić information content (AvgIpc) is 2.46. The highest BCUT2D eigenvalue weighted by Crippen LogP contribution is 2.06. The van der Waals surface area contributed by atoms with E-state index in [1.54, 1.807) is 0 Å². The van der Waals surface area contributed by atoms with Crippen LogP contribution >= 0.6 is 0 Å². The monoisotopic (exact) mass is 270 g/mol. The number of carbonyl (C=O) groups is 1. The third-order valence-corrected chi connectivity index (χ3v) is 2.80. The Hall–Kier alpha value is -2.27. The number of nitrogens with one attached hydrogen (secondary N) is 1. The summed E-state index contributed by atoms with van der Waals surface area (Å²) in [7, 11) is 4.08. The lowest BCUT2D eigenvalue weighted by Crippen LogP contribution is -2.23. The fourth-order valence-electron chi connectivity index (χ4n) is 1.83. The van der Waals surface area contributed by atoms with Crippen molar-refractivity contribution in [3.8, 4) is 0 Å². The molecular weight excluding hydrogens is 252 g/mol. The van der Waals surface area contributed by atoms with Gasteiger partial charge in [0.05, 0.1) is 5.56 Å². The van der Waals surface area contributed by atoms with Gasteiger partial charge in [0.1, 0.15) is 6.33 Å². The van der Waals surface area contributed by atoms with E-state index >= 15 is 0 Å². The van der Waals surface area contributed by atoms with Crippen molar-refractivity contribution in [3.63, 3.8) is 0 Å². The van der Waals surface area contributed by atoms with E-state index in [1.165, 1.54) is 24.3 Å². The van der Waals surface area contributed by atoms with Gasteiger partial charge >= 0.3 is 0 Å². The number of hydrogen-bond donors (Lipinski definition) is 1. The van der Waals surface area contributed by atoms with Crippen molar-refractivity contribution in [1.29, 1.82) is 0 Å². The van der Waals surface area contributed by atoms with E-state index in [0.717, 1.165) is 12.1 Å². The second-order valence-corrected chi connectivity index (χ2v) is 4.86. The molecule has 5 nitrogen and oxygen atoms in total. The van der Waals surface area contributed by atoms with Crippen molar-refractivity contribution < 1.29 is 4.79 Å². The minimum absolute atomic E-state index is 0.164. The minimum atomic E-state index is -0.164. The Morgan fingerprint density at radius 3 is 2.30 bits per heavy atom. The number of hydrogen-bond acceptors (Lipinski definition) is 4. The van der Waals surface area contributed by atoms with E-state index in [1.807, 2.05) is 26.2 Å². The van der Waals surface area contributed by atoms with Gasteiger partial charge in [-0.3, -0.25) is 4.79 Å². The number of nitrogens with zero attached hydrogens (tertiary/aromatic N) is 3. The molecule has 0 aliphatic carbocycles. The quantitative estimate of drug-likeness (QED) is 0.894. The molecule has 1 aromatic carbocycles. The molecule has 2 rings (SSSR count). The van der Waals surface area contributed by atoms with Crippen molar-refractivity contribution in [2.45, 2.75) is 13.1 Å². The molecule has 0 radical (unpaired) electrons. The fraction of sp³-hybridized carbons (Fsp3) is 0.267. The first kappa shape index (κ1) is 14.1. The first-order chi connectivity index (χ1) is 9.65. The van der Waals surface area contributed by atoms with Gasteiger partial charge in [-0.15, -0.1) is 0 Å². The van der Waals surface area contributed by atoms with Crippen LogP contribution in [-0.2, 0) is 13.1 Å². The molecule has 1 N–H and O–H groups in total. The van der Waals surface area contributed by atoms with Gasteiger partial charge in [-0.2, -0.15) is 0 Å². The third kappa shape index (κ3) is 4.13. The molecule has 0 saturated carbocycles. The van der Waals surface area contributed by atoms with E-state index in [2.05, 4.69) is 32.3 Å². The summed E-state index contributed by atoms with van der Waals surface area (Å²) < 4.78 is 0. The van der Waals surface area contributed by atoms with E-state index in [0.29, 0.717) is 12.1 Å². The SMILES string of the molecule is CN(C)Cc1ccc(CNC(=O)c2cncnc2)cc1. The minimum Gasteiger partial charge on any atom is -0.348 e. The summed E-state index contributed by atoms with van der Waals surface area (Å²) in [5, 5.41) is 2.85. The molecule has 0 atom stereocenters. The molecule has 0 spiro atoms. The Labute approximate surface area is 118 Å². The van der Waals surface area contributed by atoms with Crippen LogP contribution < -0.4 is 5.32 Å². The highest BCUT2D eigenvalue weighted by molar-refractivity contribution is 5.93. The molecule has 5 heteroatoms. The van der Waals surface area contributed by atoms with E-state index < -0.39 is 0 Å². The predicted octanol–water partition coefficient (Wildman–Crippen LogP) is 1.47. The van der Waals surface area contributed by atoms with E-state index in [-0.39, 0.29) is 5.91 Å². The maximum Gasteiger partial charge on any atom is 0.254 e. The van der Waals surface area contributed by atoms with Crippen molar-refractivity contribution in [2.24, 2.45) is 0 Å². The summed E-state index contributed by atoms with van der Waals surface area (Å²) in [5.41, 5.74) is 2.79. The Kier molecular flexibility index (Phi) is 4.79. The topological polar surface area (TPSA) is 58.1 Å². The van der Waals surface area contributed by atoms with Crippen LogP contribution in [0.25, 0.3) is 0 Å². The molecule has 0 aliphatic heterocycles. The molecule has 0 bridgehead atoms. The summed E-state index contributed by atoms with van der Waals surface area (Å²) in [6.07, 6.45) is 4.41. The van der Waals surface area contributed by atoms with E-state index in [9.17, 15) is 4.79 Å². The fourth-order valence-corrected chi connectivity index (χ4v) is 1.83. The Balaban J connectivity index is 1.89. The van der Waals surface area contributed by atoms with Gasteiger partial charge in [0.2, 0.25) is 0 Å². The van der Waals surface area contributed by atoms with Crippen molar-refractivity contribution >= 4 is 5.91 Å². The highest BCUT2D eigenvalue weighted by Gasteiger charge is 2.05. The first-order valence-corrected chi connectivity index (χ1v) is 6.41. The summed E-state index contributed by atoms with van der Waals surface area (Å²) in [5.74, 6) is -0.164. The van der Waals surface area contributed by atoms with Crippen LogP contribution in [0.2, 0.25) is 0 Å². The van der Waals surface area contributed by atoms with Crippen LogP contribution in [0.15, 0.2) is 43.0 Å². The lowest BCUT2D eigenvalue weighted by molar-refractivity contribution is 0.0950. The van der Waals surface area contributed by atoms with Gasteiger partial charge in [-0.1, -0.05) is 24.3 Å². The van der Waals surface area contributed by atoms with Crippen LogP contribution in [-0.4, -0.2) is 34.9 Å². The first-order valence-electron chi connectivity index (χ1n) is 6.41. The second-order valence-electron chi connectivity index (χ2n) is 4.86. The predicted molar refractivity (Wildman–Crippen MR) is 77.0 cm³/mol. The molecule has 104 valence electrons. The smallest absolute Gasteiger partial charge is 0.254 e. The van der Waals surface area contributed by atoms with Gasteiger partial charge in [0.15, 0.2) is 0 Å². The summed E-state index contributed by atoms with van der Waals surface area (Å²) in [6.45, 7) is 1.41. The zero-order valence-electron chi connectivity index (χ0n) is 11.7. The molecule has 1 heterocycles. The Bertz CT molecular complexity index is 552. The van der Waals surface area contributed by atoms with Crippen molar-refractivity contribution in [3.05, 3.63) is 59.7 Å². The van der Waals surface area contributed by atoms with E-state index in [4.69, 9.17) is 0 Å². The largest absolute Gasteiger partial charge is 0.348 e. The molecule has 0 saturated heterocycles. The number of amides is 1. The third-order valence-electron chi connectivity index (χ3n) is 2.80. The molecule has 2 aromatic rings. The molecule has 1 aromatic heterocycles. The van der Waals surface area contributed by atoms with Crippen LogP contribution in [0, 0.1) is 0 Å². The van der Waals surface area contributed by atoms with Gasteiger partial charge in [0.25, 0.3) is 5.91 Å². The zero-order valence-corrected chi connectivity index (χ0v) is 11.7. The molecule has 20 heavy (non-hydrogen) atoms. The van der Waals surface area contributed by atoms with Crippen LogP contribution in [0.3, 0.4) is 0 Å². The van der Waals surface area contributed by atoms with Crippen LogP contribution in [0.5, 0.6) is 0 Å². The van der Waals surface area contributed by atoms with Crippen molar-refractivity contribution in [2.75, 3.05) is 14.1 Å². The average molecular weight is 270 g/mol. The maximum atomic E-state index is 11.8. The molecule has 0 unspecified atom stereocenters. The number of rotatable bonds is 5.